The molecule has 0 saturated carbocycles. The van der Waals surface area contributed by atoms with Crippen LogP contribution in [0.1, 0.15) is 25.5 Å². The lowest BCUT2D eigenvalue weighted by molar-refractivity contribution is 0.365. The third-order valence-corrected chi connectivity index (χ3v) is 4.00. The molecule has 3 aromatic rings. The van der Waals surface area contributed by atoms with E-state index in [0.717, 1.165) is 12.1 Å². The van der Waals surface area contributed by atoms with Crippen molar-refractivity contribution >= 4 is 10.9 Å². The molecule has 1 aromatic carbocycles. The molecule has 21 heavy (non-hydrogen) atoms. The van der Waals surface area contributed by atoms with Crippen LogP contribution in [0.4, 0.5) is 0 Å². The maximum absolute atomic E-state index is 4.50. The summed E-state index contributed by atoms with van der Waals surface area (Å²) in [5, 5.41) is 9.07. The van der Waals surface area contributed by atoms with Crippen LogP contribution in [0, 0.1) is 0 Å². The lowest BCUT2D eigenvalue weighted by Crippen LogP contribution is -2.33. The van der Waals surface area contributed by atoms with Gasteiger partial charge in [0.2, 0.25) is 0 Å². The van der Waals surface area contributed by atoms with E-state index >= 15 is 0 Å². The first-order valence-electron chi connectivity index (χ1n) is 7.31. The van der Waals surface area contributed by atoms with E-state index in [0.29, 0.717) is 12.1 Å². The monoisotopic (exact) mass is 280 g/mol. The van der Waals surface area contributed by atoms with Gasteiger partial charge < -0.3 is 5.32 Å². The van der Waals surface area contributed by atoms with Gasteiger partial charge in [0, 0.05) is 36.6 Å². The molecular formula is C17H20N4. The van der Waals surface area contributed by atoms with E-state index in [1.165, 1.54) is 10.9 Å². The Bertz CT molecular complexity index is 700. The second kappa shape index (κ2) is 6.06. The van der Waals surface area contributed by atoms with Crippen molar-refractivity contribution in [2.45, 2.75) is 32.5 Å². The van der Waals surface area contributed by atoms with Crippen molar-refractivity contribution in [2.75, 3.05) is 0 Å². The fraction of sp³-hybridized carbons (Fsp3) is 0.294. The zero-order valence-corrected chi connectivity index (χ0v) is 12.4. The summed E-state index contributed by atoms with van der Waals surface area (Å²) in [6.45, 7) is 5.16. The average Bonchev–Trinajstić information content (AvgIpc) is 3.06. The molecule has 1 N–H and O–H groups in total. The van der Waals surface area contributed by atoms with Gasteiger partial charge in [-0.3, -0.25) is 9.67 Å². The standard InChI is InChI=1S/C17H20N4/c1-13(14(2)21-11-5-10-20-21)19-12-16-7-3-6-15-8-4-9-18-17(15)16/h3-11,13-14,19H,12H2,1-2H3. The summed E-state index contributed by atoms with van der Waals surface area (Å²) in [7, 11) is 0. The number of rotatable bonds is 5. The van der Waals surface area contributed by atoms with Gasteiger partial charge in [-0.05, 0) is 31.5 Å². The number of hydrogen-bond donors (Lipinski definition) is 1. The lowest BCUT2D eigenvalue weighted by atomic mass is 10.1. The molecule has 0 radical (unpaired) electrons. The van der Waals surface area contributed by atoms with Gasteiger partial charge >= 0.3 is 0 Å². The SMILES string of the molecule is CC(NCc1cccc2cccnc12)C(C)n1cccn1. The van der Waals surface area contributed by atoms with Crippen LogP contribution in [0.15, 0.2) is 55.0 Å². The Morgan fingerprint density at radius 2 is 1.95 bits per heavy atom. The largest absolute Gasteiger partial charge is 0.308 e. The van der Waals surface area contributed by atoms with Crippen molar-refractivity contribution in [2.24, 2.45) is 0 Å². The minimum Gasteiger partial charge on any atom is -0.308 e. The maximum atomic E-state index is 4.50. The molecule has 3 rings (SSSR count). The van der Waals surface area contributed by atoms with Gasteiger partial charge in [-0.15, -0.1) is 0 Å². The Hall–Kier alpha value is -2.20. The Balaban J connectivity index is 1.72. The zero-order chi connectivity index (χ0) is 14.7. The summed E-state index contributed by atoms with van der Waals surface area (Å²) in [6.07, 6.45) is 5.67. The molecule has 2 unspecified atom stereocenters. The van der Waals surface area contributed by atoms with Crippen LogP contribution in [0.25, 0.3) is 10.9 Å². The first-order chi connectivity index (χ1) is 10.3. The van der Waals surface area contributed by atoms with Crippen molar-refractivity contribution in [1.82, 2.24) is 20.1 Å². The van der Waals surface area contributed by atoms with Crippen LogP contribution >= 0.6 is 0 Å². The number of benzene rings is 1. The third kappa shape index (κ3) is 2.95. The molecule has 0 bridgehead atoms. The molecule has 108 valence electrons. The highest BCUT2D eigenvalue weighted by Crippen LogP contribution is 2.17. The second-order valence-corrected chi connectivity index (χ2v) is 5.39. The van der Waals surface area contributed by atoms with Crippen LogP contribution < -0.4 is 5.32 Å². The van der Waals surface area contributed by atoms with Crippen molar-refractivity contribution < 1.29 is 0 Å². The molecule has 2 heterocycles. The summed E-state index contributed by atoms with van der Waals surface area (Å²) in [4.78, 5) is 4.50. The summed E-state index contributed by atoms with van der Waals surface area (Å²) >= 11 is 0. The van der Waals surface area contributed by atoms with E-state index in [4.69, 9.17) is 0 Å². The smallest absolute Gasteiger partial charge is 0.0746 e. The first-order valence-corrected chi connectivity index (χ1v) is 7.31. The number of pyridine rings is 1. The van der Waals surface area contributed by atoms with Gasteiger partial charge in [0.15, 0.2) is 0 Å². The normalized spacial score (nSPS) is 14.2. The van der Waals surface area contributed by atoms with Gasteiger partial charge in [0.1, 0.15) is 0 Å². The zero-order valence-electron chi connectivity index (χ0n) is 12.4. The molecule has 0 aliphatic heterocycles. The Morgan fingerprint density at radius 1 is 1.10 bits per heavy atom. The highest BCUT2D eigenvalue weighted by molar-refractivity contribution is 5.81. The van der Waals surface area contributed by atoms with Crippen LogP contribution in [0.5, 0.6) is 0 Å². The molecule has 0 aliphatic rings. The summed E-state index contributed by atoms with van der Waals surface area (Å²) in [5.74, 6) is 0. The highest BCUT2D eigenvalue weighted by Gasteiger charge is 2.14. The van der Waals surface area contributed by atoms with Gasteiger partial charge in [0.05, 0.1) is 11.6 Å². The van der Waals surface area contributed by atoms with Crippen molar-refractivity contribution in [3.8, 4) is 0 Å². The topological polar surface area (TPSA) is 42.7 Å². The van der Waals surface area contributed by atoms with E-state index < -0.39 is 0 Å². The van der Waals surface area contributed by atoms with Gasteiger partial charge in [-0.25, -0.2) is 0 Å². The van der Waals surface area contributed by atoms with Gasteiger partial charge in [-0.1, -0.05) is 24.3 Å². The minimum absolute atomic E-state index is 0.308. The molecule has 2 aromatic heterocycles. The Morgan fingerprint density at radius 3 is 2.76 bits per heavy atom. The molecule has 0 saturated heterocycles. The molecule has 0 spiro atoms. The van der Waals surface area contributed by atoms with Gasteiger partial charge in [0.25, 0.3) is 0 Å². The number of aromatic nitrogens is 3. The summed E-state index contributed by atoms with van der Waals surface area (Å²) in [6, 6.07) is 13.0. The molecule has 4 nitrogen and oxygen atoms in total. The van der Waals surface area contributed by atoms with Crippen molar-refractivity contribution in [3.63, 3.8) is 0 Å². The fourth-order valence-corrected chi connectivity index (χ4v) is 2.50. The number of fused-ring (bicyclic) bond motifs is 1. The second-order valence-electron chi connectivity index (χ2n) is 5.39. The summed E-state index contributed by atoms with van der Waals surface area (Å²) in [5.41, 5.74) is 2.30. The predicted molar refractivity (Wildman–Crippen MR) is 85.0 cm³/mol. The van der Waals surface area contributed by atoms with Crippen LogP contribution in [0.2, 0.25) is 0 Å². The Kier molecular flexibility index (Phi) is 3.97. The molecule has 0 fully saturated rings. The number of para-hydroxylation sites is 1. The molecule has 0 aliphatic carbocycles. The van der Waals surface area contributed by atoms with Crippen LogP contribution in [0.3, 0.4) is 0 Å². The van der Waals surface area contributed by atoms with Crippen molar-refractivity contribution in [3.05, 3.63) is 60.6 Å². The number of nitrogens with zero attached hydrogens (tertiary/aromatic N) is 3. The van der Waals surface area contributed by atoms with E-state index in [-0.39, 0.29) is 0 Å². The Labute approximate surface area is 124 Å². The van der Waals surface area contributed by atoms with E-state index in [1.807, 2.05) is 35.4 Å². The molecule has 2 atom stereocenters. The number of hydrogen-bond acceptors (Lipinski definition) is 3. The lowest BCUT2D eigenvalue weighted by Gasteiger charge is -2.22. The van der Waals surface area contributed by atoms with Crippen LogP contribution in [-0.4, -0.2) is 20.8 Å². The van der Waals surface area contributed by atoms with Crippen molar-refractivity contribution in [1.29, 1.82) is 0 Å². The van der Waals surface area contributed by atoms with E-state index in [9.17, 15) is 0 Å². The van der Waals surface area contributed by atoms with Crippen LogP contribution in [-0.2, 0) is 6.54 Å². The van der Waals surface area contributed by atoms with E-state index in [1.54, 1.807) is 0 Å². The highest BCUT2D eigenvalue weighted by atomic mass is 15.3. The quantitative estimate of drug-likeness (QED) is 0.780. The molecule has 0 amide bonds. The fourth-order valence-electron chi connectivity index (χ4n) is 2.50. The third-order valence-electron chi connectivity index (χ3n) is 4.00. The molecular weight excluding hydrogens is 260 g/mol. The molecule has 4 heteroatoms. The predicted octanol–water partition coefficient (Wildman–Crippen LogP) is 3.17. The van der Waals surface area contributed by atoms with Gasteiger partial charge in [-0.2, -0.15) is 5.10 Å². The van der Waals surface area contributed by atoms with E-state index in [2.05, 4.69) is 53.5 Å². The average molecular weight is 280 g/mol. The number of nitrogens with one attached hydrogen (secondary N) is 1. The minimum atomic E-state index is 0.308. The first kappa shape index (κ1) is 13.8. The summed E-state index contributed by atoms with van der Waals surface area (Å²) < 4.78 is 1.99. The maximum Gasteiger partial charge on any atom is 0.0746 e.